The predicted octanol–water partition coefficient (Wildman–Crippen LogP) is 3.66. The van der Waals surface area contributed by atoms with E-state index in [1.807, 2.05) is 12.1 Å². The van der Waals surface area contributed by atoms with Gasteiger partial charge in [0.1, 0.15) is 10.5 Å². The molecule has 4 aromatic rings. The van der Waals surface area contributed by atoms with Gasteiger partial charge in [-0.25, -0.2) is 18.1 Å². The van der Waals surface area contributed by atoms with Gasteiger partial charge in [-0.3, -0.25) is 14.3 Å². The summed E-state index contributed by atoms with van der Waals surface area (Å²) in [5.74, 6) is -1.49. The van der Waals surface area contributed by atoms with Gasteiger partial charge < -0.3 is 4.74 Å². The maximum absolute atomic E-state index is 14.2. The molecule has 0 bridgehead atoms. The van der Waals surface area contributed by atoms with E-state index in [4.69, 9.17) is 10.00 Å². The molecule has 0 unspecified atom stereocenters. The van der Waals surface area contributed by atoms with Gasteiger partial charge in [-0.05, 0) is 25.1 Å². The molecule has 0 atom stereocenters. The first-order valence-electron chi connectivity index (χ1n) is 9.87. The van der Waals surface area contributed by atoms with E-state index < -0.39 is 22.9 Å². The van der Waals surface area contributed by atoms with Crippen molar-refractivity contribution in [2.24, 2.45) is 0 Å². The number of hydrogen-bond acceptors (Lipinski definition) is 7. The van der Waals surface area contributed by atoms with Gasteiger partial charge in [0.05, 0.1) is 54.8 Å². The smallest absolute Gasteiger partial charge is 0.336 e. The summed E-state index contributed by atoms with van der Waals surface area (Å²) in [7, 11) is 1.28. The third-order valence-corrected chi connectivity index (χ3v) is 6.46. The van der Waals surface area contributed by atoms with E-state index in [9.17, 15) is 23.6 Å². The molecule has 0 amide bonds. The van der Waals surface area contributed by atoms with E-state index in [1.54, 1.807) is 0 Å². The monoisotopic (exact) mass is 479 g/mol. The normalized spacial score (nSPS) is 10.8. The molecule has 0 aliphatic rings. The van der Waals surface area contributed by atoms with Crippen molar-refractivity contribution >= 4 is 21.6 Å². The number of aryl methyl sites for hydroxylation is 1. The number of benzene rings is 1. The molecule has 0 saturated carbocycles. The van der Waals surface area contributed by atoms with Gasteiger partial charge in [0.2, 0.25) is 0 Å². The van der Waals surface area contributed by atoms with E-state index in [0.29, 0.717) is 10.4 Å². The highest BCUT2D eigenvalue weighted by atomic mass is 32.1. The number of nitrogens with zero attached hydrogens (tertiary/aromatic N) is 5. The Labute approximate surface area is 195 Å². The van der Waals surface area contributed by atoms with Gasteiger partial charge in [0, 0.05) is 22.5 Å². The first-order valence-corrected chi connectivity index (χ1v) is 10.7. The first-order chi connectivity index (χ1) is 16.3. The Morgan fingerprint density at radius 1 is 1.15 bits per heavy atom. The summed E-state index contributed by atoms with van der Waals surface area (Å²) in [6, 6.07) is 7.79. The Kier molecular flexibility index (Phi) is 5.97. The standard InChI is InChI=1S/C23H15F2N5O3S/c1-12-16(25)10-28-11-18(12)30-22(31)21-17(29(23(30)32)5-3-4-26)8-20(34-21)14-7-19(33-2)15(24)6-13(14)9-27/h6-8,10-11H,3,5H2,1-2H3. The number of fused-ring (bicyclic) bond motifs is 1. The lowest BCUT2D eigenvalue weighted by Crippen LogP contribution is -2.39. The number of hydrogen-bond donors (Lipinski definition) is 0. The van der Waals surface area contributed by atoms with Crippen molar-refractivity contribution in [3.05, 3.63) is 74.2 Å². The third kappa shape index (κ3) is 3.62. The first kappa shape index (κ1) is 22.8. The van der Waals surface area contributed by atoms with E-state index in [0.717, 1.165) is 28.2 Å². The summed E-state index contributed by atoms with van der Waals surface area (Å²) in [4.78, 5) is 30.9. The lowest BCUT2D eigenvalue weighted by atomic mass is 10.1. The molecule has 0 saturated heterocycles. The lowest BCUT2D eigenvalue weighted by molar-refractivity contribution is 0.386. The molecule has 3 aromatic heterocycles. The van der Waals surface area contributed by atoms with Gasteiger partial charge in [-0.2, -0.15) is 10.5 Å². The molecule has 3 heterocycles. The van der Waals surface area contributed by atoms with Gasteiger partial charge in [-0.1, -0.05) is 0 Å². The molecular formula is C23H15F2N5O3S. The van der Waals surface area contributed by atoms with E-state index in [-0.39, 0.29) is 45.7 Å². The number of nitriles is 2. The molecule has 0 aliphatic heterocycles. The van der Waals surface area contributed by atoms with Gasteiger partial charge in [0.15, 0.2) is 11.6 Å². The number of aromatic nitrogens is 3. The summed E-state index contributed by atoms with van der Waals surface area (Å²) in [5.41, 5.74) is -0.837. The number of thiophene rings is 1. The molecular weight excluding hydrogens is 464 g/mol. The van der Waals surface area contributed by atoms with E-state index in [2.05, 4.69) is 4.98 Å². The average molecular weight is 479 g/mol. The van der Waals surface area contributed by atoms with Crippen molar-refractivity contribution in [1.82, 2.24) is 14.1 Å². The molecule has 0 N–H and O–H groups in total. The van der Waals surface area contributed by atoms with Crippen LogP contribution in [0.4, 0.5) is 8.78 Å². The molecule has 11 heteroatoms. The van der Waals surface area contributed by atoms with Gasteiger partial charge in [0.25, 0.3) is 5.56 Å². The molecule has 0 radical (unpaired) electrons. The maximum Gasteiger partial charge on any atom is 0.336 e. The second-order valence-corrected chi connectivity index (χ2v) is 8.27. The molecule has 4 rings (SSSR count). The van der Waals surface area contributed by atoms with Crippen molar-refractivity contribution in [1.29, 1.82) is 10.5 Å². The highest BCUT2D eigenvalue weighted by molar-refractivity contribution is 7.22. The SMILES string of the molecule is COc1cc(-c2cc3c(s2)c(=O)n(-c2cncc(F)c2C)c(=O)n3CCC#N)c(C#N)cc1F. The zero-order valence-corrected chi connectivity index (χ0v) is 18.7. The van der Waals surface area contributed by atoms with Crippen LogP contribution in [0.15, 0.2) is 40.2 Å². The lowest BCUT2D eigenvalue weighted by Gasteiger charge is -2.12. The van der Waals surface area contributed by atoms with Gasteiger partial charge >= 0.3 is 5.69 Å². The summed E-state index contributed by atoms with van der Waals surface area (Å²) in [6.07, 6.45) is 2.17. The fraction of sp³-hybridized carbons (Fsp3) is 0.174. The van der Waals surface area contributed by atoms with Crippen LogP contribution in [-0.2, 0) is 6.54 Å². The molecule has 8 nitrogen and oxygen atoms in total. The van der Waals surface area contributed by atoms with Crippen LogP contribution in [0.2, 0.25) is 0 Å². The molecule has 0 aliphatic carbocycles. The van der Waals surface area contributed by atoms with Crippen LogP contribution in [-0.4, -0.2) is 21.2 Å². The minimum atomic E-state index is -0.759. The summed E-state index contributed by atoms with van der Waals surface area (Å²) < 4.78 is 35.5. The number of halogens is 2. The molecule has 34 heavy (non-hydrogen) atoms. The van der Waals surface area contributed by atoms with E-state index in [1.165, 1.54) is 36.9 Å². The second kappa shape index (κ2) is 8.89. The third-order valence-electron chi connectivity index (χ3n) is 5.32. The number of pyridine rings is 1. The molecule has 170 valence electrons. The van der Waals surface area contributed by atoms with Crippen molar-refractivity contribution in [3.63, 3.8) is 0 Å². The average Bonchev–Trinajstić information content (AvgIpc) is 3.27. The summed E-state index contributed by atoms with van der Waals surface area (Å²) in [5, 5.41) is 18.6. The van der Waals surface area contributed by atoms with Crippen molar-refractivity contribution < 1.29 is 13.5 Å². The molecule has 0 fully saturated rings. The van der Waals surface area contributed by atoms with Crippen LogP contribution in [0, 0.1) is 41.2 Å². The Bertz CT molecular complexity index is 1660. The molecule has 1 aromatic carbocycles. The van der Waals surface area contributed by atoms with Crippen molar-refractivity contribution in [2.45, 2.75) is 19.9 Å². The maximum atomic E-state index is 14.2. The Balaban J connectivity index is 2.09. The predicted molar refractivity (Wildman–Crippen MR) is 121 cm³/mol. The van der Waals surface area contributed by atoms with E-state index >= 15 is 0 Å². The van der Waals surface area contributed by atoms with Crippen molar-refractivity contribution in [2.75, 3.05) is 7.11 Å². The minimum absolute atomic E-state index is 0.0151. The van der Waals surface area contributed by atoms with Crippen LogP contribution in [0.25, 0.3) is 26.3 Å². The van der Waals surface area contributed by atoms with Crippen LogP contribution >= 0.6 is 11.3 Å². The fourth-order valence-electron chi connectivity index (χ4n) is 3.59. The Hall–Kier alpha value is -4.35. The zero-order chi connectivity index (χ0) is 24.6. The molecule has 0 spiro atoms. The van der Waals surface area contributed by atoms with Crippen molar-refractivity contribution in [3.8, 4) is 34.0 Å². The Morgan fingerprint density at radius 3 is 2.59 bits per heavy atom. The number of ether oxygens (including phenoxy) is 1. The Morgan fingerprint density at radius 2 is 1.91 bits per heavy atom. The summed E-state index contributed by atoms with van der Waals surface area (Å²) >= 11 is 0.988. The summed E-state index contributed by atoms with van der Waals surface area (Å²) in [6.45, 7) is 1.40. The van der Waals surface area contributed by atoms with Crippen LogP contribution in [0.3, 0.4) is 0 Å². The zero-order valence-electron chi connectivity index (χ0n) is 17.9. The van der Waals surface area contributed by atoms with Gasteiger partial charge in [-0.15, -0.1) is 11.3 Å². The van der Waals surface area contributed by atoms with Crippen LogP contribution in [0.5, 0.6) is 5.75 Å². The topological polar surface area (TPSA) is 114 Å². The minimum Gasteiger partial charge on any atom is -0.494 e. The highest BCUT2D eigenvalue weighted by Gasteiger charge is 2.22. The van der Waals surface area contributed by atoms with Crippen LogP contribution in [0.1, 0.15) is 17.5 Å². The second-order valence-electron chi connectivity index (χ2n) is 7.22. The quantitative estimate of drug-likeness (QED) is 0.432. The number of methoxy groups -OCH3 is 1. The fourth-order valence-corrected chi connectivity index (χ4v) is 4.71. The highest BCUT2D eigenvalue weighted by Crippen LogP contribution is 2.36. The van der Waals surface area contributed by atoms with Crippen LogP contribution < -0.4 is 16.0 Å². The largest absolute Gasteiger partial charge is 0.494 e. The number of rotatable bonds is 5.